The van der Waals surface area contributed by atoms with E-state index in [9.17, 15) is 15.0 Å². The highest BCUT2D eigenvalue weighted by atomic mass is 16.6. The largest absolute Gasteiger partial charge is 0.394 e. The van der Waals surface area contributed by atoms with Gasteiger partial charge in [-0.3, -0.25) is 9.36 Å². The molecule has 102 valence electrons. The molecule has 0 aliphatic carbocycles. The number of imidazole rings is 1. The Balaban J connectivity index is 2.39. The van der Waals surface area contributed by atoms with Crippen molar-refractivity contribution in [2.75, 3.05) is 6.61 Å². The van der Waals surface area contributed by atoms with Crippen LogP contribution < -0.4 is 5.73 Å². The maximum atomic E-state index is 11.1. The molecule has 0 aromatic carbocycles. The molecule has 1 aliphatic heterocycles. The molecule has 0 radical (unpaired) electrons. The lowest BCUT2D eigenvalue weighted by Gasteiger charge is -2.17. The van der Waals surface area contributed by atoms with Gasteiger partial charge >= 0.3 is 0 Å². The number of terminal acetylenes is 1. The van der Waals surface area contributed by atoms with E-state index in [0.29, 0.717) is 0 Å². The number of carbonyl (C=O) groups is 1. The minimum absolute atomic E-state index is 0.0438. The Morgan fingerprint density at radius 1 is 1.58 bits per heavy atom. The lowest BCUT2D eigenvalue weighted by Crippen LogP contribution is -2.33. The predicted octanol–water partition coefficient (Wildman–Crippen LogP) is -2.43. The van der Waals surface area contributed by atoms with E-state index in [1.54, 1.807) is 0 Å². The number of aliphatic hydroxyl groups is 3. The van der Waals surface area contributed by atoms with E-state index in [2.05, 4.69) is 10.9 Å². The molecule has 1 aliphatic rings. The zero-order chi connectivity index (χ0) is 14.2. The van der Waals surface area contributed by atoms with Gasteiger partial charge in [0.05, 0.1) is 12.9 Å². The lowest BCUT2D eigenvalue weighted by atomic mass is 10.1. The van der Waals surface area contributed by atoms with Crippen LogP contribution in [0.2, 0.25) is 0 Å². The average molecular weight is 267 g/mol. The molecule has 8 nitrogen and oxygen atoms in total. The molecule has 2 rings (SSSR count). The van der Waals surface area contributed by atoms with Gasteiger partial charge in [-0.25, -0.2) is 4.98 Å². The number of primary amides is 1. The van der Waals surface area contributed by atoms with Crippen LogP contribution in [0.5, 0.6) is 0 Å². The minimum atomic E-state index is -1.31. The van der Waals surface area contributed by atoms with Crippen molar-refractivity contribution in [3.63, 3.8) is 0 Å². The molecule has 0 bridgehead atoms. The van der Waals surface area contributed by atoms with Gasteiger partial charge in [0, 0.05) is 0 Å². The van der Waals surface area contributed by atoms with Crippen LogP contribution in [0.15, 0.2) is 6.33 Å². The molecule has 1 fully saturated rings. The summed E-state index contributed by atoms with van der Waals surface area (Å²) in [6, 6.07) is 0. The molecule has 0 unspecified atom stereocenters. The van der Waals surface area contributed by atoms with Crippen molar-refractivity contribution in [1.29, 1.82) is 0 Å². The van der Waals surface area contributed by atoms with E-state index in [1.807, 2.05) is 0 Å². The fraction of sp³-hybridized carbons (Fsp3) is 0.455. The maximum Gasteiger partial charge on any atom is 0.270 e. The monoisotopic (exact) mass is 267 g/mol. The van der Waals surface area contributed by atoms with Crippen molar-refractivity contribution in [2.24, 2.45) is 5.73 Å². The number of amides is 1. The summed E-state index contributed by atoms with van der Waals surface area (Å²) in [5.74, 6) is 1.43. The van der Waals surface area contributed by atoms with Crippen LogP contribution in [0, 0.1) is 12.3 Å². The third-order valence-corrected chi connectivity index (χ3v) is 2.96. The van der Waals surface area contributed by atoms with Crippen LogP contribution in [-0.2, 0) is 4.74 Å². The number of hydrogen-bond acceptors (Lipinski definition) is 6. The zero-order valence-corrected chi connectivity index (χ0v) is 9.80. The third-order valence-electron chi connectivity index (χ3n) is 2.96. The first kappa shape index (κ1) is 13.5. The Kier molecular flexibility index (Phi) is 3.55. The van der Waals surface area contributed by atoms with Crippen LogP contribution in [0.1, 0.15) is 22.4 Å². The number of carbonyl (C=O) groups excluding carboxylic acids is 1. The quantitative estimate of drug-likeness (QED) is 0.451. The van der Waals surface area contributed by atoms with Gasteiger partial charge in [-0.05, 0) is 5.92 Å². The zero-order valence-electron chi connectivity index (χ0n) is 9.80. The molecule has 1 aromatic heterocycles. The minimum Gasteiger partial charge on any atom is -0.394 e. The van der Waals surface area contributed by atoms with Gasteiger partial charge in [0.1, 0.15) is 24.0 Å². The number of aromatic nitrogens is 2. The number of nitrogens with two attached hydrogens (primary N) is 1. The second-order valence-corrected chi connectivity index (χ2v) is 4.09. The van der Waals surface area contributed by atoms with Gasteiger partial charge in [-0.1, -0.05) is 0 Å². The first-order chi connectivity index (χ1) is 9.01. The Hall–Kier alpha value is -1.92. The molecule has 0 spiro atoms. The van der Waals surface area contributed by atoms with Crippen LogP contribution in [0.3, 0.4) is 0 Å². The van der Waals surface area contributed by atoms with Gasteiger partial charge in [0.25, 0.3) is 5.91 Å². The molecule has 2 heterocycles. The van der Waals surface area contributed by atoms with E-state index in [1.165, 1.54) is 10.9 Å². The Bertz CT molecular complexity index is 535. The summed E-state index contributed by atoms with van der Waals surface area (Å²) in [5.41, 5.74) is 5.03. The van der Waals surface area contributed by atoms with Crippen molar-refractivity contribution in [3.8, 4) is 12.3 Å². The molecule has 1 amide bonds. The highest BCUT2D eigenvalue weighted by Crippen LogP contribution is 2.30. The Morgan fingerprint density at radius 3 is 2.74 bits per heavy atom. The van der Waals surface area contributed by atoms with Gasteiger partial charge in [-0.15, -0.1) is 6.42 Å². The predicted molar refractivity (Wildman–Crippen MR) is 61.7 cm³/mol. The molecule has 5 N–H and O–H groups in total. The second kappa shape index (κ2) is 4.99. The molecule has 1 aromatic rings. The van der Waals surface area contributed by atoms with E-state index in [0.717, 1.165) is 0 Å². The normalized spacial score (nSPS) is 30.2. The molecule has 8 heteroatoms. The summed E-state index contributed by atoms with van der Waals surface area (Å²) in [7, 11) is 0. The van der Waals surface area contributed by atoms with Crippen molar-refractivity contribution < 1.29 is 24.9 Å². The van der Waals surface area contributed by atoms with Gasteiger partial charge in [-0.2, -0.15) is 0 Å². The fourth-order valence-corrected chi connectivity index (χ4v) is 1.99. The van der Waals surface area contributed by atoms with Crippen molar-refractivity contribution in [1.82, 2.24) is 9.55 Å². The highest BCUT2D eigenvalue weighted by molar-refractivity contribution is 5.93. The molecule has 1 saturated heterocycles. The SMILES string of the molecule is C#Cc1c(C(N)=O)ncn1[C@@H]1O[C@H](CO)[C@@H](O)[C@H]1O. The number of aliphatic hydroxyl groups excluding tert-OH is 3. The maximum absolute atomic E-state index is 11.1. The van der Waals surface area contributed by atoms with Crippen molar-refractivity contribution in [3.05, 3.63) is 17.7 Å². The van der Waals surface area contributed by atoms with Crippen molar-refractivity contribution in [2.45, 2.75) is 24.5 Å². The van der Waals surface area contributed by atoms with E-state index >= 15 is 0 Å². The topological polar surface area (TPSA) is 131 Å². The molecular weight excluding hydrogens is 254 g/mol. The van der Waals surface area contributed by atoms with Crippen LogP contribution in [-0.4, -0.2) is 55.7 Å². The second-order valence-electron chi connectivity index (χ2n) is 4.09. The lowest BCUT2D eigenvalue weighted by molar-refractivity contribution is -0.0531. The van der Waals surface area contributed by atoms with Crippen LogP contribution in [0.25, 0.3) is 0 Å². The van der Waals surface area contributed by atoms with Gasteiger partial charge in [0.15, 0.2) is 11.9 Å². The van der Waals surface area contributed by atoms with Gasteiger partial charge < -0.3 is 25.8 Å². The Morgan fingerprint density at radius 2 is 2.26 bits per heavy atom. The van der Waals surface area contributed by atoms with E-state index < -0.39 is 37.1 Å². The number of ether oxygens (including phenoxy) is 1. The van der Waals surface area contributed by atoms with Gasteiger partial charge in [0.2, 0.25) is 0 Å². The number of hydrogen-bond donors (Lipinski definition) is 4. The standard InChI is InChI=1S/C11H13N3O5/c1-2-5-7(10(12)18)13-4-14(5)11-9(17)8(16)6(3-15)19-11/h1,4,6,8-9,11,15-17H,3H2,(H2,12,18)/t6-,8-,9-,11-/m1/s1. The first-order valence-corrected chi connectivity index (χ1v) is 5.47. The molecule has 0 saturated carbocycles. The molecule has 19 heavy (non-hydrogen) atoms. The van der Waals surface area contributed by atoms with E-state index in [4.69, 9.17) is 22.0 Å². The third kappa shape index (κ3) is 2.09. The number of rotatable bonds is 3. The molecular formula is C11H13N3O5. The molecule has 4 atom stereocenters. The van der Waals surface area contributed by atoms with Crippen LogP contribution >= 0.6 is 0 Å². The van der Waals surface area contributed by atoms with Crippen molar-refractivity contribution >= 4 is 5.91 Å². The highest BCUT2D eigenvalue weighted by Gasteiger charge is 2.44. The summed E-state index contributed by atoms with van der Waals surface area (Å²) in [5, 5.41) is 28.5. The van der Waals surface area contributed by atoms with Crippen LogP contribution in [0.4, 0.5) is 0 Å². The summed E-state index contributed by atoms with van der Waals surface area (Å²) in [6.07, 6.45) is 1.92. The van der Waals surface area contributed by atoms with E-state index in [-0.39, 0.29) is 11.4 Å². The summed E-state index contributed by atoms with van der Waals surface area (Å²) < 4.78 is 6.51. The average Bonchev–Trinajstić information content (AvgIpc) is 2.92. The summed E-state index contributed by atoms with van der Waals surface area (Å²) in [6.45, 7) is -0.461. The summed E-state index contributed by atoms with van der Waals surface area (Å²) in [4.78, 5) is 14.9. The first-order valence-electron chi connectivity index (χ1n) is 5.47. The Labute approximate surface area is 108 Å². The number of nitrogens with zero attached hydrogens (tertiary/aromatic N) is 2. The summed E-state index contributed by atoms with van der Waals surface area (Å²) >= 11 is 0. The fourth-order valence-electron chi connectivity index (χ4n) is 1.99. The smallest absolute Gasteiger partial charge is 0.270 e.